The molecule has 1 aliphatic rings. The molecule has 0 saturated carbocycles. The summed E-state index contributed by atoms with van der Waals surface area (Å²) in [5, 5.41) is -0.0302. The highest BCUT2D eigenvalue weighted by molar-refractivity contribution is 6.34. The number of nitrogens with zero attached hydrogens (tertiary/aromatic N) is 6. The highest BCUT2D eigenvalue weighted by atomic mass is 35.5. The first-order valence-corrected chi connectivity index (χ1v) is 14.4. The number of allylic oxidation sites excluding steroid dienone is 1. The van der Waals surface area contributed by atoms with Gasteiger partial charge in [-0.15, -0.1) is 0 Å². The predicted octanol–water partition coefficient (Wildman–Crippen LogP) is 6.71. The van der Waals surface area contributed by atoms with Gasteiger partial charge in [-0.25, -0.2) is 18.7 Å². The van der Waals surface area contributed by atoms with Gasteiger partial charge in [0.25, 0.3) is 0 Å². The fourth-order valence-electron chi connectivity index (χ4n) is 5.83. The van der Waals surface area contributed by atoms with E-state index in [1.165, 1.54) is 36.5 Å². The highest BCUT2D eigenvalue weighted by Gasteiger charge is 2.34. The molecule has 10 heteroatoms. The maximum absolute atomic E-state index is 16.0. The van der Waals surface area contributed by atoms with Crippen LogP contribution in [0.2, 0.25) is 5.02 Å². The number of carbonyl (C=O) groups excluding carboxylic acids is 1. The van der Waals surface area contributed by atoms with Crippen LogP contribution < -0.4 is 10.6 Å². The Kier molecular flexibility index (Phi) is 6.03. The van der Waals surface area contributed by atoms with Crippen molar-refractivity contribution in [3.8, 4) is 16.9 Å². The predicted molar refractivity (Wildman–Crippen MR) is 175 cm³/mol. The van der Waals surface area contributed by atoms with Crippen LogP contribution in [0.15, 0.2) is 60.5 Å². The Morgan fingerprint density at radius 3 is 2.61 bits per heavy atom. The normalized spacial score (nSPS) is 20.1. The van der Waals surface area contributed by atoms with Gasteiger partial charge in [-0.3, -0.25) is 9.78 Å². The Morgan fingerprint density at radius 1 is 1.23 bits per heavy atom. The minimum absolute atomic E-state index is 0.105. The van der Waals surface area contributed by atoms with Crippen LogP contribution in [0.1, 0.15) is 68.3 Å². The molecule has 2 atom stereocenters. The average Bonchev–Trinajstić information content (AvgIpc) is 3.03. The minimum atomic E-state index is -3.01. The van der Waals surface area contributed by atoms with Crippen LogP contribution in [-0.2, 0) is 4.79 Å². The molecule has 4 aromatic rings. The Hall–Kier alpha value is -4.37. The summed E-state index contributed by atoms with van der Waals surface area (Å²) >= 11 is 6.89. The SMILES string of the molecule is [2H]C([2H])=C(c1cccc(F)c1-c1nc2c(cc1Cl)c(N1[C@@H](C)CN(C(=O)C=C)C[C@@H]1C)nc(=O)n2-c1c(C([2H])([2H])[2H])ccnc1C(C)C)C([2H])([2H])[2H]. The number of rotatable bonds is 6. The molecule has 1 fully saturated rings. The third kappa shape index (κ3) is 5.30. The van der Waals surface area contributed by atoms with Gasteiger partial charge in [0.15, 0.2) is 5.65 Å². The summed E-state index contributed by atoms with van der Waals surface area (Å²) in [4.78, 5) is 44.0. The van der Waals surface area contributed by atoms with Crippen LogP contribution in [0.4, 0.5) is 10.2 Å². The first-order valence-electron chi connectivity index (χ1n) is 18.0. The van der Waals surface area contributed by atoms with Gasteiger partial charge >= 0.3 is 5.69 Å². The van der Waals surface area contributed by atoms with Crippen molar-refractivity contribution in [3.63, 3.8) is 0 Å². The number of hydrogen-bond acceptors (Lipinski definition) is 6. The molecule has 0 N–H and O–H groups in total. The number of piperazine rings is 1. The van der Waals surface area contributed by atoms with Crippen molar-refractivity contribution in [1.29, 1.82) is 0 Å². The second-order valence-electron chi connectivity index (χ2n) is 11.1. The van der Waals surface area contributed by atoms with Crippen LogP contribution in [-0.4, -0.2) is 55.5 Å². The smallest absolute Gasteiger partial charge is 0.347 e. The fourth-order valence-corrected chi connectivity index (χ4v) is 6.08. The van der Waals surface area contributed by atoms with Crippen molar-refractivity contribution in [3.05, 3.63) is 93.9 Å². The number of carbonyl (C=O) groups is 1. The quantitative estimate of drug-likeness (QED) is 0.222. The largest absolute Gasteiger partial charge is 0.355 e. The van der Waals surface area contributed by atoms with Gasteiger partial charge in [-0.05, 0) is 68.9 Å². The van der Waals surface area contributed by atoms with E-state index in [4.69, 9.17) is 27.6 Å². The summed E-state index contributed by atoms with van der Waals surface area (Å²) in [7, 11) is 0. The Labute approximate surface area is 272 Å². The first kappa shape index (κ1) is 22.2. The maximum Gasteiger partial charge on any atom is 0.355 e. The maximum atomic E-state index is 16.0. The summed E-state index contributed by atoms with van der Waals surface area (Å²) in [5.74, 6) is -1.54. The molecule has 5 rings (SSSR count). The lowest BCUT2D eigenvalue weighted by molar-refractivity contribution is -0.127. The van der Waals surface area contributed by atoms with E-state index in [0.717, 1.165) is 10.6 Å². The number of fused-ring (bicyclic) bond motifs is 1. The summed E-state index contributed by atoms with van der Waals surface area (Å²) in [6.07, 6.45) is 2.54. The Bertz CT molecular complexity index is 2170. The zero-order chi connectivity index (χ0) is 38.6. The lowest BCUT2D eigenvalue weighted by Gasteiger charge is -2.45. The molecule has 1 aliphatic heterocycles. The number of benzene rings is 1. The number of anilines is 1. The first-order chi connectivity index (χ1) is 24.2. The third-order valence-electron chi connectivity index (χ3n) is 7.69. The third-order valence-corrected chi connectivity index (χ3v) is 7.98. The molecule has 228 valence electrons. The van der Waals surface area contributed by atoms with E-state index in [-0.39, 0.29) is 69.1 Å². The number of pyridine rings is 2. The van der Waals surface area contributed by atoms with E-state index in [1.807, 2.05) is 18.7 Å². The summed E-state index contributed by atoms with van der Waals surface area (Å²) in [6, 6.07) is 5.33. The summed E-state index contributed by atoms with van der Waals surface area (Å²) in [5.41, 5.74) is -3.11. The number of hydrogen-bond donors (Lipinski definition) is 0. The van der Waals surface area contributed by atoms with Gasteiger partial charge in [0, 0.05) is 45.2 Å². The fraction of sp³-hybridized carbons (Fsp3) is 0.324. The van der Waals surface area contributed by atoms with E-state index in [9.17, 15) is 9.59 Å². The molecule has 8 nitrogen and oxygen atoms in total. The molecule has 0 unspecified atom stereocenters. The number of halogens is 2. The molecule has 3 aromatic heterocycles. The molecule has 0 radical (unpaired) electrons. The van der Waals surface area contributed by atoms with Gasteiger partial charge in [0.2, 0.25) is 5.91 Å². The zero-order valence-corrected chi connectivity index (χ0v) is 25.4. The molecule has 1 saturated heterocycles. The Balaban J connectivity index is 1.96. The molecule has 1 aromatic carbocycles. The average molecular weight is 623 g/mol. The van der Waals surface area contributed by atoms with Crippen molar-refractivity contribution < 1.29 is 20.2 Å². The Morgan fingerprint density at radius 2 is 1.98 bits per heavy atom. The number of aryl methyl sites for hydroxylation is 1. The van der Waals surface area contributed by atoms with Crippen molar-refractivity contribution in [2.75, 3.05) is 18.0 Å². The highest BCUT2D eigenvalue weighted by Crippen LogP contribution is 2.39. The monoisotopic (exact) mass is 622 g/mol. The van der Waals surface area contributed by atoms with E-state index in [1.54, 1.807) is 18.7 Å². The van der Waals surface area contributed by atoms with Crippen LogP contribution in [0.5, 0.6) is 0 Å². The van der Waals surface area contributed by atoms with Gasteiger partial charge in [-0.1, -0.05) is 56.3 Å². The van der Waals surface area contributed by atoms with Gasteiger partial charge < -0.3 is 9.80 Å². The number of amides is 1. The molecule has 4 heterocycles. The zero-order valence-electron chi connectivity index (χ0n) is 32.7. The van der Waals surface area contributed by atoms with E-state index < -0.39 is 60.9 Å². The second kappa shape index (κ2) is 12.0. The molecule has 44 heavy (non-hydrogen) atoms. The molecule has 0 bridgehead atoms. The van der Waals surface area contributed by atoms with Crippen LogP contribution in [0.25, 0.3) is 33.6 Å². The van der Waals surface area contributed by atoms with Crippen LogP contribution >= 0.6 is 11.6 Å². The van der Waals surface area contributed by atoms with Crippen molar-refractivity contribution >= 4 is 39.9 Å². The topological polar surface area (TPSA) is 84.2 Å². The van der Waals surface area contributed by atoms with E-state index in [0.29, 0.717) is 0 Å². The molecule has 0 spiro atoms. The van der Waals surface area contributed by atoms with Crippen molar-refractivity contribution in [1.82, 2.24) is 24.4 Å². The molecular weight excluding hydrogens is 579 g/mol. The summed E-state index contributed by atoms with van der Waals surface area (Å²) < 4.78 is 82.1. The van der Waals surface area contributed by atoms with Crippen molar-refractivity contribution in [2.24, 2.45) is 0 Å². The molecule has 0 aliphatic carbocycles. The molecular formula is C34H36ClFN6O2. The lowest BCUT2D eigenvalue weighted by Crippen LogP contribution is -2.58. The minimum Gasteiger partial charge on any atom is -0.347 e. The van der Waals surface area contributed by atoms with Crippen LogP contribution in [0.3, 0.4) is 0 Å². The van der Waals surface area contributed by atoms with Crippen molar-refractivity contribution in [2.45, 2.75) is 59.4 Å². The van der Waals surface area contributed by atoms with E-state index in [2.05, 4.69) is 16.5 Å². The van der Waals surface area contributed by atoms with Crippen LogP contribution in [0, 0.1) is 12.7 Å². The molecule has 1 amide bonds. The lowest BCUT2D eigenvalue weighted by atomic mass is 9.98. The van der Waals surface area contributed by atoms with Gasteiger partial charge in [-0.2, -0.15) is 4.98 Å². The van der Waals surface area contributed by atoms with Gasteiger partial charge in [0.1, 0.15) is 11.6 Å². The summed E-state index contributed by atoms with van der Waals surface area (Å²) in [6.45, 7) is 4.43. The second-order valence-corrected chi connectivity index (χ2v) is 11.5. The standard InChI is InChI=1S/C34H36ClFN6O2/c1-9-27(43)40-16-21(7)41(22(8)17-40)33-24-15-25(35)30(28-23(18(2)3)11-10-12-26(28)36)38-32(24)42(34(44)39-33)31-20(6)13-14-37-29(31)19(4)5/h9-15,19,21-22H,1-2,16-17H2,3-8H3/t21-,22-/m0/s1/i2D2,3D3,6D3. The van der Waals surface area contributed by atoms with E-state index >= 15 is 4.39 Å². The number of aromatic nitrogens is 4. The van der Waals surface area contributed by atoms with Gasteiger partial charge in [0.05, 0.1) is 30.2 Å².